The zero-order valence-corrected chi connectivity index (χ0v) is 14.5. The standard InChI is InChI=1S/C15H28N2O6/c1-5-8-22-14(19)12-16(6-2)13(18)11-17(7-3)15(20)23-10-9-21-4/h5-12H2,1-4H3. The summed E-state index contributed by atoms with van der Waals surface area (Å²) in [5.74, 6) is -0.778. The molecule has 8 heteroatoms. The molecule has 0 aromatic rings. The minimum atomic E-state index is -0.581. The molecule has 0 aliphatic carbocycles. The van der Waals surface area contributed by atoms with Crippen molar-refractivity contribution >= 4 is 18.0 Å². The normalized spacial score (nSPS) is 10.1. The van der Waals surface area contributed by atoms with Crippen molar-refractivity contribution < 1.29 is 28.6 Å². The van der Waals surface area contributed by atoms with Gasteiger partial charge in [0.2, 0.25) is 5.91 Å². The zero-order chi connectivity index (χ0) is 17.7. The van der Waals surface area contributed by atoms with E-state index in [1.54, 1.807) is 13.8 Å². The van der Waals surface area contributed by atoms with E-state index in [0.29, 0.717) is 26.3 Å². The van der Waals surface area contributed by atoms with Gasteiger partial charge in [-0.1, -0.05) is 6.92 Å². The number of rotatable bonds is 11. The average molecular weight is 332 g/mol. The van der Waals surface area contributed by atoms with Gasteiger partial charge in [0.05, 0.1) is 13.2 Å². The third kappa shape index (κ3) is 9.02. The number of methoxy groups -OCH3 is 1. The molecule has 0 unspecified atom stereocenters. The number of nitrogens with zero attached hydrogens (tertiary/aromatic N) is 2. The molecule has 0 spiro atoms. The quantitative estimate of drug-likeness (QED) is 0.413. The summed E-state index contributed by atoms with van der Waals surface area (Å²) in [4.78, 5) is 38.3. The zero-order valence-electron chi connectivity index (χ0n) is 14.5. The van der Waals surface area contributed by atoms with E-state index in [4.69, 9.17) is 14.2 Å². The summed E-state index contributed by atoms with van der Waals surface area (Å²) >= 11 is 0. The summed E-state index contributed by atoms with van der Waals surface area (Å²) in [6, 6.07) is 0. The molecule has 0 aliphatic rings. The Morgan fingerprint density at radius 3 is 2.00 bits per heavy atom. The largest absolute Gasteiger partial charge is 0.464 e. The Morgan fingerprint density at radius 1 is 0.826 bits per heavy atom. The topological polar surface area (TPSA) is 85.4 Å². The molecule has 134 valence electrons. The predicted molar refractivity (Wildman–Crippen MR) is 84.0 cm³/mol. The number of hydrogen-bond donors (Lipinski definition) is 0. The van der Waals surface area contributed by atoms with Crippen molar-refractivity contribution in [2.75, 3.05) is 53.1 Å². The monoisotopic (exact) mass is 332 g/mol. The highest BCUT2D eigenvalue weighted by molar-refractivity contribution is 5.85. The minimum absolute atomic E-state index is 0.119. The molecule has 0 bridgehead atoms. The van der Waals surface area contributed by atoms with Crippen LogP contribution in [0, 0.1) is 0 Å². The molecule has 0 aliphatic heterocycles. The van der Waals surface area contributed by atoms with Gasteiger partial charge in [0.1, 0.15) is 19.7 Å². The van der Waals surface area contributed by atoms with Gasteiger partial charge < -0.3 is 19.1 Å². The van der Waals surface area contributed by atoms with Crippen LogP contribution in [0.2, 0.25) is 0 Å². The van der Waals surface area contributed by atoms with E-state index < -0.39 is 12.1 Å². The van der Waals surface area contributed by atoms with E-state index in [-0.39, 0.29) is 25.6 Å². The number of esters is 1. The molecule has 0 N–H and O–H groups in total. The number of likely N-dealkylation sites (N-methyl/N-ethyl adjacent to an activating group) is 2. The van der Waals surface area contributed by atoms with Crippen LogP contribution in [0.25, 0.3) is 0 Å². The van der Waals surface area contributed by atoms with Crippen LogP contribution in [0.5, 0.6) is 0 Å². The van der Waals surface area contributed by atoms with Gasteiger partial charge >= 0.3 is 12.1 Å². The molecule has 8 nitrogen and oxygen atoms in total. The molecule has 23 heavy (non-hydrogen) atoms. The van der Waals surface area contributed by atoms with Gasteiger partial charge in [0.25, 0.3) is 0 Å². The second kappa shape index (κ2) is 12.7. The van der Waals surface area contributed by atoms with Crippen LogP contribution in [0.3, 0.4) is 0 Å². The number of carbonyl (C=O) groups excluding carboxylic acids is 3. The van der Waals surface area contributed by atoms with Crippen LogP contribution in [0.1, 0.15) is 27.2 Å². The Kier molecular flexibility index (Phi) is 11.7. The molecule has 0 heterocycles. The molecule has 0 saturated carbocycles. The Bertz CT molecular complexity index is 375. The lowest BCUT2D eigenvalue weighted by Crippen LogP contribution is -2.45. The van der Waals surface area contributed by atoms with Crippen molar-refractivity contribution in [2.45, 2.75) is 27.2 Å². The van der Waals surface area contributed by atoms with E-state index in [1.165, 1.54) is 16.9 Å². The van der Waals surface area contributed by atoms with Crippen LogP contribution >= 0.6 is 0 Å². The van der Waals surface area contributed by atoms with Crippen LogP contribution in [0.4, 0.5) is 4.79 Å². The first kappa shape index (κ1) is 21.2. The fraction of sp³-hybridized carbons (Fsp3) is 0.800. The maximum absolute atomic E-state index is 12.2. The van der Waals surface area contributed by atoms with Gasteiger partial charge in [-0.3, -0.25) is 14.5 Å². The molecule has 2 amide bonds. The number of amides is 2. The highest BCUT2D eigenvalue weighted by Crippen LogP contribution is 1.99. The van der Waals surface area contributed by atoms with Gasteiger partial charge in [-0.15, -0.1) is 0 Å². The van der Waals surface area contributed by atoms with Crippen molar-refractivity contribution in [1.82, 2.24) is 9.80 Å². The van der Waals surface area contributed by atoms with Crippen LogP contribution < -0.4 is 0 Å². The van der Waals surface area contributed by atoms with Crippen LogP contribution in [-0.4, -0.2) is 80.9 Å². The molecule has 0 rings (SSSR count). The maximum Gasteiger partial charge on any atom is 0.410 e. The lowest BCUT2D eigenvalue weighted by atomic mass is 10.4. The fourth-order valence-corrected chi connectivity index (χ4v) is 1.67. The van der Waals surface area contributed by atoms with Gasteiger partial charge in [0.15, 0.2) is 0 Å². The highest BCUT2D eigenvalue weighted by atomic mass is 16.6. The number of hydrogen-bond acceptors (Lipinski definition) is 6. The molecule has 0 saturated heterocycles. The molecular weight excluding hydrogens is 304 g/mol. The Hall–Kier alpha value is -1.83. The number of carbonyl (C=O) groups is 3. The van der Waals surface area contributed by atoms with Crippen LogP contribution in [0.15, 0.2) is 0 Å². The highest BCUT2D eigenvalue weighted by Gasteiger charge is 2.22. The van der Waals surface area contributed by atoms with Crippen molar-refractivity contribution in [3.05, 3.63) is 0 Å². The molecule has 0 atom stereocenters. The Morgan fingerprint density at radius 2 is 1.48 bits per heavy atom. The van der Waals surface area contributed by atoms with E-state index >= 15 is 0 Å². The Balaban J connectivity index is 4.46. The van der Waals surface area contributed by atoms with Crippen molar-refractivity contribution in [3.63, 3.8) is 0 Å². The molecule has 0 radical (unpaired) electrons. The first-order chi connectivity index (χ1) is 11.0. The first-order valence-electron chi connectivity index (χ1n) is 7.84. The van der Waals surface area contributed by atoms with E-state index in [2.05, 4.69) is 0 Å². The second-order valence-electron chi connectivity index (χ2n) is 4.75. The minimum Gasteiger partial charge on any atom is -0.464 e. The third-order valence-electron chi connectivity index (χ3n) is 3.00. The fourth-order valence-electron chi connectivity index (χ4n) is 1.67. The summed E-state index contributed by atoms with van der Waals surface area (Å²) in [5, 5.41) is 0. The maximum atomic E-state index is 12.2. The SMILES string of the molecule is CCCOC(=O)CN(CC)C(=O)CN(CC)C(=O)OCCOC. The summed E-state index contributed by atoms with van der Waals surface area (Å²) in [6.07, 6.45) is 0.144. The smallest absolute Gasteiger partial charge is 0.410 e. The van der Waals surface area contributed by atoms with Crippen molar-refractivity contribution in [2.24, 2.45) is 0 Å². The first-order valence-corrected chi connectivity index (χ1v) is 7.84. The average Bonchev–Trinajstić information content (AvgIpc) is 2.55. The van der Waals surface area contributed by atoms with E-state index in [9.17, 15) is 14.4 Å². The second-order valence-corrected chi connectivity index (χ2v) is 4.75. The van der Waals surface area contributed by atoms with Gasteiger partial charge in [-0.05, 0) is 20.3 Å². The lowest BCUT2D eigenvalue weighted by molar-refractivity contribution is -0.149. The van der Waals surface area contributed by atoms with Crippen molar-refractivity contribution in [3.8, 4) is 0 Å². The lowest BCUT2D eigenvalue weighted by Gasteiger charge is -2.25. The van der Waals surface area contributed by atoms with Crippen LogP contribution in [-0.2, 0) is 23.8 Å². The molecule has 0 aromatic heterocycles. The van der Waals surface area contributed by atoms with Gasteiger partial charge in [0, 0.05) is 20.2 Å². The van der Waals surface area contributed by atoms with Gasteiger partial charge in [-0.25, -0.2) is 4.79 Å². The number of ether oxygens (including phenoxy) is 3. The summed E-state index contributed by atoms with van der Waals surface area (Å²) in [7, 11) is 1.51. The molecular formula is C15H28N2O6. The van der Waals surface area contributed by atoms with Gasteiger partial charge in [-0.2, -0.15) is 0 Å². The van der Waals surface area contributed by atoms with E-state index in [0.717, 1.165) is 6.42 Å². The van der Waals surface area contributed by atoms with E-state index in [1.807, 2.05) is 6.92 Å². The predicted octanol–water partition coefficient (Wildman–Crippen LogP) is 0.893. The summed E-state index contributed by atoms with van der Waals surface area (Å²) in [5.41, 5.74) is 0. The molecule has 0 fully saturated rings. The summed E-state index contributed by atoms with van der Waals surface area (Å²) in [6.45, 7) is 6.58. The Labute approximate surface area is 137 Å². The van der Waals surface area contributed by atoms with Crippen molar-refractivity contribution in [1.29, 1.82) is 0 Å². The summed E-state index contributed by atoms with van der Waals surface area (Å²) < 4.78 is 14.7. The molecule has 0 aromatic carbocycles. The third-order valence-corrected chi connectivity index (χ3v) is 3.00.